The average molecular weight is 262 g/mol. The van der Waals surface area contributed by atoms with Crippen molar-refractivity contribution in [2.24, 2.45) is 0 Å². The van der Waals surface area contributed by atoms with Gasteiger partial charge in [-0.1, -0.05) is 18.2 Å². The molecule has 1 N–H and O–H groups in total. The number of ether oxygens (including phenoxy) is 1. The van der Waals surface area contributed by atoms with E-state index in [0.717, 1.165) is 31.8 Å². The number of amides is 1. The largest absolute Gasteiger partial charge is 0.496 e. The van der Waals surface area contributed by atoms with Gasteiger partial charge in [0.05, 0.1) is 7.11 Å². The van der Waals surface area contributed by atoms with Crippen LogP contribution in [0.3, 0.4) is 0 Å². The first-order valence-corrected chi connectivity index (χ1v) is 6.81. The summed E-state index contributed by atoms with van der Waals surface area (Å²) in [5.41, 5.74) is 1.22. The zero-order valence-electron chi connectivity index (χ0n) is 11.7. The van der Waals surface area contributed by atoms with Crippen LogP contribution in [0.25, 0.3) is 0 Å². The van der Waals surface area contributed by atoms with Gasteiger partial charge in [0.1, 0.15) is 5.75 Å². The predicted molar refractivity (Wildman–Crippen MR) is 75.5 cm³/mol. The number of para-hydroxylation sites is 1. The number of hydrogen-bond donors (Lipinski definition) is 1. The molecule has 0 radical (unpaired) electrons. The Hall–Kier alpha value is -1.55. The molecule has 1 saturated heterocycles. The fraction of sp³-hybridized carbons (Fsp3) is 0.533. The van der Waals surface area contributed by atoms with Crippen molar-refractivity contribution in [3.8, 4) is 5.75 Å². The van der Waals surface area contributed by atoms with Gasteiger partial charge in [0.2, 0.25) is 5.91 Å². The van der Waals surface area contributed by atoms with Gasteiger partial charge in [-0.05, 0) is 25.1 Å². The van der Waals surface area contributed by atoms with E-state index >= 15 is 0 Å². The highest BCUT2D eigenvalue weighted by atomic mass is 16.5. The van der Waals surface area contributed by atoms with E-state index in [1.54, 1.807) is 7.11 Å². The molecule has 1 fully saturated rings. The Morgan fingerprint density at radius 3 is 3.00 bits per heavy atom. The topological polar surface area (TPSA) is 41.6 Å². The van der Waals surface area contributed by atoms with Gasteiger partial charge in [-0.2, -0.15) is 0 Å². The molecule has 1 atom stereocenters. The maximum absolute atomic E-state index is 12.0. The number of nitrogens with one attached hydrogen (secondary N) is 1. The second-order valence-electron chi connectivity index (χ2n) is 4.92. The van der Waals surface area contributed by atoms with Crippen LogP contribution in [-0.2, 0) is 4.79 Å². The van der Waals surface area contributed by atoms with Crippen LogP contribution < -0.4 is 10.1 Å². The summed E-state index contributed by atoms with van der Waals surface area (Å²) in [6.45, 7) is 2.41. The Morgan fingerprint density at radius 1 is 1.47 bits per heavy atom. The Balaban J connectivity index is 2.00. The second kappa shape index (κ2) is 6.57. The van der Waals surface area contributed by atoms with Crippen molar-refractivity contribution in [1.82, 2.24) is 10.2 Å². The van der Waals surface area contributed by atoms with Crippen LogP contribution in [0, 0.1) is 0 Å². The molecule has 1 aromatic carbocycles. The normalized spacial score (nSPS) is 18.6. The molecule has 0 saturated carbocycles. The molecule has 1 aromatic rings. The van der Waals surface area contributed by atoms with E-state index in [2.05, 4.69) is 11.4 Å². The number of benzene rings is 1. The lowest BCUT2D eigenvalue weighted by Gasteiger charge is -2.17. The van der Waals surface area contributed by atoms with E-state index in [1.165, 1.54) is 5.56 Å². The summed E-state index contributed by atoms with van der Waals surface area (Å²) in [5.74, 6) is 1.57. The molecule has 1 unspecified atom stereocenters. The van der Waals surface area contributed by atoms with E-state index < -0.39 is 0 Å². The lowest BCUT2D eigenvalue weighted by atomic mass is 9.97. The predicted octanol–water partition coefficient (Wildman–Crippen LogP) is 1.62. The van der Waals surface area contributed by atoms with Crippen LogP contribution in [0.5, 0.6) is 5.75 Å². The molecule has 0 aliphatic carbocycles. The van der Waals surface area contributed by atoms with E-state index in [-0.39, 0.29) is 5.91 Å². The quantitative estimate of drug-likeness (QED) is 0.876. The standard InChI is InChI=1S/C15H22N2O2/c1-16-9-7-15(18)17-10-8-12(11-17)13-5-3-4-6-14(13)19-2/h3-6,12,16H,7-11H2,1-2H3. The fourth-order valence-corrected chi connectivity index (χ4v) is 2.63. The van der Waals surface area contributed by atoms with Crippen molar-refractivity contribution in [1.29, 1.82) is 0 Å². The van der Waals surface area contributed by atoms with Gasteiger partial charge >= 0.3 is 0 Å². The Morgan fingerprint density at radius 2 is 2.26 bits per heavy atom. The Bertz CT molecular complexity index is 434. The number of methoxy groups -OCH3 is 1. The first-order valence-electron chi connectivity index (χ1n) is 6.81. The molecule has 2 rings (SSSR count). The van der Waals surface area contributed by atoms with E-state index in [1.807, 2.05) is 30.1 Å². The molecule has 4 heteroatoms. The minimum atomic E-state index is 0.242. The molecule has 0 spiro atoms. The van der Waals surface area contributed by atoms with Crippen molar-refractivity contribution >= 4 is 5.91 Å². The van der Waals surface area contributed by atoms with Crippen molar-refractivity contribution in [2.75, 3.05) is 33.8 Å². The molecular weight excluding hydrogens is 240 g/mol. The third kappa shape index (κ3) is 3.26. The van der Waals surface area contributed by atoms with Gasteiger partial charge in [0, 0.05) is 32.0 Å². The molecule has 1 heterocycles. The monoisotopic (exact) mass is 262 g/mol. The summed E-state index contributed by atoms with van der Waals surface area (Å²) in [6, 6.07) is 8.10. The zero-order chi connectivity index (χ0) is 13.7. The van der Waals surface area contributed by atoms with Crippen LogP contribution in [0.15, 0.2) is 24.3 Å². The summed E-state index contributed by atoms with van der Waals surface area (Å²) in [6.07, 6.45) is 1.60. The van der Waals surface area contributed by atoms with Gasteiger partial charge in [0.25, 0.3) is 0 Å². The third-order valence-electron chi connectivity index (χ3n) is 3.71. The minimum Gasteiger partial charge on any atom is -0.496 e. The van der Waals surface area contributed by atoms with E-state index in [4.69, 9.17) is 4.74 Å². The molecule has 4 nitrogen and oxygen atoms in total. The average Bonchev–Trinajstić information content (AvgIpc) is 2.94. The van der Waals surface area contributed by atoms with Crippen molar-refractivity contribution < 1.29 is 9.53 Å². The third-order valence-corrected chi connectivity index (χ3v) is 3.71. The summed E-state index contributed by atoms with van der Waals surface area (Å²) in [4.78, 5) is 14.0. The van der Waals surface area contributed by atoms with Crippen molar-refractivity contribution in [3.05, 3.63) is 29.8 Å². The van der Waals surface area contributed by atoms with E-state index in [0.29, 0.717) is 12.3 Å². The van der Waals surface area contributed by atoms with Gasteiger partial charge in [0.15, 0.2) is 0 Å². The van der Waals surface area contributed by atoms with Gasteiger partial charge in [-0.25, -0.2) is 0 Å². The summed E-state index contributed by atoms with van der Waals surface area (Å²) in [7, 11) is 3.57. The van der Waals surface area contributed by atoms with Crippen molar-refractivity contribution in [2.45, 2.75) is 18.8 Å². The number of hydrogen-bond acceptors (Lipinski definition) is 3. The Kier molecular flexibility index (Phi) is 4.80. The van der Waals surface area contributed by atoms with Crippen LogP contribution in [0.2, 0.25) is 0 Å². The van der Waals surface area contributed by atoms with Crippen LogP contribution in [0.1, 0.15) is 24.3 Å². The smallest absolute Gasteiger partial charge is 0.223 e. The van der Waals surface area contributed by atoms with Crippen LogP contribution in [0.4, 0.5) is 0 Å². The molecular formula is C15H22N2O2. The number of rotatable bonds is 5. The lowest BCUT2D eigenvalue weighted by Crippen LogP contribution is -2.30. The molecule has 19 heavy (non-hydrogen) atoms. The molecule has 1 aliphatic rings. The summed E-state index contributed by atoms with van der Waals surface area (Å²) >= 11 is 0. The summed E-state index contributed by atoms with van der Waals surface area (Å²) < 4.78 is 5.40. The number of carbonyl (C=O) groups is 1. The minimum absolute atomic E-state index is 0.242. The summed E-state index contributed by atoms with van der Waals surface area (Å²) in [5, 5.41) is 3.02. The molecule has 1 amide bonds. The van der Waals surface area contributed by atoms with Crippen molar-refractivity contribution in [3.63, 3.8) is 0 Å². The number of nitrogens with zero attached hydrogens (tertiary/aromatic N) is 1. The molecule has 1 aliphatic heterocycles. The van der Waals surface area contributed by atoms with Crippen LogP contribution in [-0.4, -0.2) is 44.6 Å². The first-order chi connectivity index (χ1) is 9.26. The zero-order valence-corrected chi connectivity index (χ0v) is 11.7. The van der Waals surface area contributed by atoms with E-state index in [9.17, 15) is 4.79 Å². The number of carbonyl (C=O) groups excluding carboxylic acids is 1. The van der Waals surface area contributed by atoms with Gasteiger partial charge < -0.3 is 15.0 Å². The highest BCUT2D eigenvalue weighted by Gasteiger charge is 2.28. The maximum atomic E-state index is 12.0. The van der Waals surface area contributed by atoms with Gasteiger partial charge in [-0.15, -0.1) is 0 Å². The fourth-order valence-electron chi connectivity index (χ4n) is 2.63. The highest BCUT2D eigenvalue weighted by Crippen LogP contribution is 2.33. The SMILES string of the molecule is CNCCC(=O)N1CCC(c2ccccc2OC)C1. The van der Waals surface area contributed by atoms with Gasteiger partial charge in [-0.3, -0.25) is 4.79 Å². The molecule has 104 valence electrons. The van der Waals surface area contributed by atoms with Crippen LogP contribution >= 0.6 is 0 Å². The molecule has 0 aromatic heterocycles. The molecule has 0 bridgehead atoms. The Labute approximate surface area is 114 Å². The number of likely N-dealkylation sites (tertiary alicyclic amines) is 1. The second-order valence-corrected chi connectivity index (χ2v) is 4.92. The highest BCUT2D eigenvalue weighted by molar-refractivity contribution is 5.76. The maximum Gasteiger partial charge on any atom is 0.223 e. The lowest BCUT2D eigenvalue weighted by molar-refractivity contribution is -0.130. The first kappa shape index (κ1) is 13.9.